The number of nitrogens with one attached hydrogen (secondary N) is 1. The third-order valence-corrected chi connectivity index (χ3v) is 4.09. The van der Waals surface area contributed by atoms with Crippen LogP contribution in [0.25, 0.3) is 0 Å². The Bertz CT molecular complexity index is 383. The lowest BCUT2D eigenvalue weighted by Gasteiger charge is -2.31. The van der Waals surface area contributed by atoms with Gasteiger partial charge in [0.1, 0.15) is 5.82 Å². The molecule has 1 saturated carbocycles. The zero-order valence-electron chi connectivity index (χ0n) is 11.5. The Morgan fingerprint density at radius 1 is 1.28 bits per heavy atom. The average Bonchev–Trinajstić information content (AvgIpc) is 2.40. The Balaban J connectivity index is 2.19. The van der Waals surface area contributed by atoms with E-state index in [-0.39, 0.29) is 5.82 Å². The molecule has 0 spiro atoms. The summed E-state index contributed by atoms with van der Waals surface area (Å²) in [6.45, 7) is 4.96. The number of rotatable bonds is 4. The predicted octanol–water partition coefficient (Wildman–Crippen LogP) is 4.37. The Kier molecular flexibility index (Phi) is 4.76. The number of halogens is 1. The Hall–Kier alpha value is -0.890. The minimum Gasteiger partial charge on any atom is -0.310 e. The van der Waals surface area contributed by atoms with Crippen molar-refractivity contribution in [3.63, 3.8) is 0 Å². The smallest absolute Gasteiger partial charge is 0.126 e. The van der Waals surface area contributed by atoms with Gasteiger partial charge in [-0.25, -0.2) is 4.39 Å². The summed E-state index contributed by atoms with van der Waals surface area (Å²) in [7, 11) is 0. The summed E-state index contributed by atoms with van der Waals surface area (Å²) >= 11 is 0. The van der Waals surface area contributed by atoms with Crippen LogP contribution in [0.2, 0.25) is 0 Å². The van der Waals surface area contributed by atoms with E-state index in [9.17, 15) is 4.39 Å². The summed E-state index contributed by atoms with van der Waals surface area (Å²) in [6, 6.07) is 5.97. The van der Waals surface area contributed by atoms with Gasteiger partial charge in [0.05, 0.1) is 0 Å². The van der Waals surface area contributed by atoms with E-state index in [1.165, 1.54) is 37.7 Å². The molecule has 0 amide bonds. The molecular formula is C16H24FN. The van der Waals surface area contributed by atoms with Gasteiger partial charge in [-0.3, -0.25) is 0 Å². The number of aryl methyl sites for hydroxylation is 1. The molecule has 2 heteroatoms. The van der Waals surface area contributed by atoms with Crippen LogP contribution < -0.4 is 5.32 Å². The first-order valence-corrected chi connectivity index (χ1v) is 7.21. The first kappa shape index (κ1) is 13.5. The van der Waals surface area contributed by atoms with Crippen LogP contribution in [0, 0.1) is 18.7 Å². The molecule has 0 aromatic heterocycles. The summed E-state index contributed by atoms with van der Waals surface area (Å²) in [4.78, 5) is 0. The molecule has 1 aromatic rings. The molecular weight excluding hydrogens is 225 g/mol. The van der Waals surface area contributed by atoms with E-state index in [1.54, 1.807) is 6.07 Å². The molecule has 1 fully saturated rings. The van der Waals surface area contributed by atoms with Crippen LogP contribution in [0.1, 0.15) is 56.2 Å². The van der Waals surface area contributed by atoms with E-state index in [2.05, 4.69) is 12.2 Å². The van der Waals surface area contributed by atoms with Crippen LogP contribution >= 0.6 is 0 Å². The fourth-order valence-corrected chi connectivity index (χ4v) is 3.11. The molecule has 1 aromatic carbocycles. The monoisotopic (exact) mass is 249 g/mol. The third-order valence-electron chi connectivity index (χ3n) is 4.09. The maximum atomic E-state index is 13.4. The molecule has 1 nitrogen and oxygen atoms in total. The molecule has 2 rings (SSSR count). The summed E-state index contributed by atoms with van der Waals surface area (Å²) in [5.41, 5.74) is 2.01. The molecule has 1 aliphatic rings. The number of hydrogen-bond donors (Lipinski definition) is 1. The quantitative estimate of drug-likeness (QED) is 0.835. The predicted molar refractivity (Wildman–Crippen MR) is 74.1 cm³/mol. The van der Waals surface area contributed by atoms with Gasteiger partial charge in [0.2, 0.25) is 0 Å². The van der Waals surface area contributed by atoms with Crippen molar-refractivity contribution in [1.82, 2.24) is 5.32 Å². The molecule has 100 valence electrons. The molecule has 0 radical (unpaired) electrons. The zero-order chi connectivity index (χ0) is 13.0. The molecule has 1 unspecified atom stereocenters. The van der Waals surface area contributed by atoms with Crippen molar-refractivity contribution in [3.8, 4) is 0 Å². The van der Waals surface area contributed by atoms with E-state index in [4.69, 9.17) is 0 Å². The van der Waals surface area contributed by atoms with E-state index >= 15 is 0 Å². The molecule has 1 atom stereocenters. The molecule has 0 aliphatic heterocycles. The van der Waals surface area contributed by atoms with Crippen molar-refractivity contribution in [1.29, 1.82) is 0 Å². The Morgan fingerprint density at radius 3 is 2.61 bits per heavy atom. The van der Waals surface area contributed by atoms with Gasteiger partial charge in [-0.05, 0) is 49.4 Å². The first-order chi connectivity index (χ1) is 8.72. The van der Waals surface area contributed by atoms with Crippen LogP contribution in [0.4, 0.5) is 4.39 Å². The highest BCUT2D eigenvalue weighted by Crippen LogP contribution is 2.34. The largest absolute Gasteiger partial charge is 0.310 e. The number of benzene rings is 1. The van der Waals surface area contributed by atoms with Gasteiger partial charge < -0.3 is 5.32 Å². The fraction of sp³-hybridized carbons (Fsp3) is 0.625. The van der Waals surface area contributed by atoms with Crippen molar-refractivity contribution in [3.05, 3.63) is 35.1 Å². The summed E-state index contributed by atoms with van der Waals surface area (Å²) in [6.07, 6.45) is 6.65. The second kappa shape index (κ2) is 6.33. The molecule has 0 saturated heterocycles. The SMILES string of the molecule is CCNC(c1ccc(F)c(C)c1)C1CCCCC1. The second-order valence-electron chi connectivity index (χ2n) is 5.44. The van der Waals surface area contributed by atoms with E-state index in [0.717, 1.165) is 12.1 Å². The number of hydrogen-bond acceptors (Lipinski definition) is 1. The van der Waals surface area contributed by atoms with Crippen LogP contribution in [0.15, 0.2) is 18.2 Å². The van der Waals surface area contributed by atoms with Crippen LogP contribution in [-0.2, 0) is 0 Å². The highest BCUT2D eigenvalue weighted by Gasteiger charge is 2.24. The highest BCUT2D eigenvalue weighted by atomic mass is 19.1. The van der Waals surface area contributed by atoms with Gasteiger partial charge in [0, 0.05) is 6.04 Å². The average molecular weight is 249 g/mol. The lowest BCUT2D eigenvalue weighted by atomic mass is 9.81. The van der Waals surface area contributed by atoms with Gasteiger partial charge in [-0.15, -0.1) is 0 Å². The molecule has 1 N–H and O–H groups in total. The third kappa shape index (κ3) is 3.11. The van der Waals surface area contributed by atoms with Gasteiger partial charge in [0.15, 0.2) is 0 Å². The first-order valence-electron chi connectivity index (χ1n) is 7.21. The maximum Gasteiger partial charge on any atom is 0.126 e. The second-order valence-corrected chi connectivity index (χ2v) is 5.44. The van der Waals surface area contributed by atoms with E-state index < -0.39 is 0 Å². The lowest BCUT2D eigenvalue weighted by molar-refractivity contribution is 0.274. The van der Waals surface area contributed by atoms with Gasteiger partial charge in [-0.1, -0.05) is 38.3 Å². The molecule has 1 aliphatic carbocycles. The normalized spacial score (nSPS) is 18.8. The molecule has 0 heterocycles. The van der Waals surface area contributed by atoms with Crippen LogP contribution in [0.3, 0.4) is 0 Å². The van der Waals surface area contributed by atoms with Crippen LogP contribution in [0.5, 0.6) is 0 Å². The Labute approximate surface area is 110 Å². The van der Waals surface area contributed by atoms with Crippen molar-refractivity contribution < 1.29 is 4.39 Å². The van der Waals surface area contributed by atoms with Gasteiger partial charge in [-0.2, -0.15) is 0 Å². The standard InChI is InChI=1S/C16H24FN/c1-3-18-16(13-7-5-4-6-8-13)14-9-10-15(17)12(2)11-14/h9-11,13,16,18H,3-8H2,1-2H3. The van der Waals surface area contributed by atoms with Crippen molar-refractivity contribution in [2.45, 2.75) is 52.0 Å². The highest BCUT2D eigenvalue weighted by molar-refractivity contribution is 5.27. The summed E-state index contributed by atoms with van der Waals surface area (Å²) < 4.78 is 13.4. The van der Waals surface area contributed by atoms with Gasteiger partial charge >= 0.3 is 0 Å². The van der Waals surface area contributed by atoms with Crippen molar-refractivity contribution >= 4 is 0 Å². The van der Waals surface area contributed by atoms with E-state index in [1.807, 2.05) is 19.1 Å². The van der Waals surface area contributed by atoms with Crippen molar-refractivity contribution in [2.24, 2.45) is 5.92 Å². The van der Waals surface area contributed by atoms with Crippen molar-refractivity contribution in [2.75, 3.05) is 6.54 Å². The lowest BCUT2D eigenvalue weighted by Crippen LogP contribution is -2.29. The molecule has 0 bridgehead atoms. The zero-order valence-corrected chi connectivity index (χ0v) is 11.5. The molecule has 18 heavy (non-hydrogen) atoms. The minimum absolute atomic E-state index is 0.0994. The fourth-order valence-electron chi connectivity index (χ4n) is 3.11. The van der Waals surface area contributed by atoms with Gasteiger partial charge in [0.25, 0.3) is 0 Å². The topological polar surface area (TPSA) is 12.0 Å². The van der Waals surface area contributed by atoms with E-state index in [0.29, 0.717) is 12.0 Å². The van der Waals surface area contributed by atoms with Crippen LogP contribution in [-0.4, -0.2) is 6.54 Å². The summed E-state index contributed by atoms with van der Waals surface area (Å²) in [5.74, 6) is 0.612. The summed E-state index contributed by atoms with van der Waals surface area (Å²) in [5, 5.41) is 3.59. The minimum atomic E-state index is -0.0994. The Morgan fingerprint density at radius 2 is 2.00 bits per heavy atom. The maximum absolute atomic E-state index is 13.4.